The van der Waals surface area contributed by atoms with Crippen LogP contribution >= 0.6 is 22.6 Å². The lowest BCUT2D eigenvalue weighted by Crippen LogP contribution is -2.32. The van der Waals surface area contributed by atoms with Gasteiger partial charge in [0.15, 0.2) is 0 Å². The summed E-state index contributed by atoms with van der Waals surface area (Å²) in [4.78, 5) is 0. The van der Waals surface area contributed by atoms with Crippen molar-refractivity contribution in [1.82, 2.24) is 0 Å². The van der Waals surface area contributed by atoms with Crippen LogP contribution in [0.5, 0.6) is 0 Å². The van der Waals surface area contributed by atoms with E-state index in [1.807, 2.05) is 0 Å². The van der Waals surface area contributed by atoms with Crippen molar-refractivity contribution in [3.05, 3.63) is 0 Å². The van der Waals surface area contributed by atoms with Crippen LogP contribution < -0.4 is 5.73 Å². The third-order valence-electron chi connectivity index (χ3n) is 2.56. The summed E-state index contributed by atoms with van der Waals surface area (Å²) < 4.78 is 1.29. The number of rotatable bonds is 1. The van der Waals surface area contributed by atoms with Crippen LogP contribution in [0.1, 0.15) is 32.6 Å². The molecule has 1 nitrogen and oxygen atoms in total. The first-order chi connectivity index (χ1) is 4.66. The van der Waals surface area contributed by atoms with Gasteiger partial charge in [0.25, 0.3) is 0 Å². The molecule has 0 atom stereocenters. The zero-order valence-electron chi connectivity index (χ0n) is 6.57. The van der Waals surface area contributed by atoms with Crippen molar-refractivity contribution in [2.75, 3.05) is 4.43 Å². The van der Waals surface area contributed by atoms with E-state index in [1.54, 1.807) is 0 Å². The Morgan fingerprint density at radius 3 is 2.40 bits per heavy atom. The van der Waals surface area contributed by atoms with Gasteiger partial charge in [-0.3, -0.25) is 0 Å². The molecule has 2 N–H and O–H groups in total. The van der Waals surface area contributed by atoms with Gasteiger partial charge in [0.1, 0.15) is 0 Å². The second kappa shape index (κ2) is 3.39. The summed E-state index contributed by atoms with van der Waals surface area (Å²) in [5, 5.41) is 0. The van der Waals surface area contributed by atoms with Crippen molar-refractivity contribution in [1.29, 1.82) is 0 Å². The fourth-order valence-electron chi connectivity index (χ4n) is 1.47. The maximum atomic E-state index is 5.81. The third kappa shape index (κ3) is 2.09. The summed E-state index contributed by atoms with van der Waals surface area (Å²) in [6.07, 6.45) is 5.13. The van der Waals surface area contributed by atoms with Crippen LogP contribution in [0.2, 0.25) is 0 Å². The maximum Gasteiger partial charge on any atom is 0.00493 e. The Labute approximate surface area is 76.9 Å². The van der Waals surface area contributed by atoms with Gasteiger partial charge in [-0.25, -0.2) is 0 Å². The summed E-state index contributed by atoms with van der Waals surface area (Å²) >= 11 is 2.49. The van der Waals surface area contributed by atoms with E-state index < -0.39 is 0 Å². The van der Waals surface area contributed by atoms with E-state index in [9.17, 15) is 0 Å². The van der Waals surface area contributed by atoms with Crippen molar-refractivity contribution >= 4 is 22.6 Å². The molecule has 1 saturated carbocycles. The van der Waals surface area contributed by atoms with E-state index in [4.69, 9.17) is 5.73 Å². The number of alkyl halides is 1. The molecule has 0 unspecified atom stereocenters. The van der Waals surface area contributed by atoms with E-state index in [0.717, 1.165) is 0 Å². The molecular weight excluding hydrogens is 237 g/mol. The van der Waals surface area contributed by atoms with Gasteiger partial charge in [-0.2, -0.15) is 0 Å². The molecular formula is C8H16IN. The first kappa shape index (κ1) is 8.78. The quantitative estimate of drug-likeness (QED) is 0.563. The lowest BCUT2D eigenvalue weighted by molar-refractivity contribution is 0.235. The van der Waals surface area contributed by atoms with E-state index in [0.29, 0.717) is 11.5 Å². The molecule has 0 aromatic heterocycles. The fraction of sp³-hybridized carbons (Fsp3) is 1.00. The van der Waals surface area contributed by atoms with E-state index in [1.165, 1.54) is 30.1 Å². The van der Waals surface area contributed by atoms with E-state index >= 15 is 0 Å². The van der Waals surface area contributed by atoms with Crippen molar-refractivity contribution in [2.24, 2.45) is 11.1 Å². The van der Waals surface area contributed by atoms with Gasteiger partial charge >= 0.3 is 0 Å². The van der Waals surface area contributed by atoms with Crippen LogP contribution in [0.15, 0.2) is 0 Å². The number of hydrogen-bond donors (Lipinski definition) is 1. The van der Waals surface area contributed by atoms with Crippen molar-refractivity contribution in [2.45, 2.75) is 38.6 Å². The Morgan fingerprint density at radius 1 is 1.50 bits per heavy atom. The minimum Gasteiger partial charge on any atom is -0.328 e. The van der Waals surface area contributed by atoms with Crippen LogP contribution in [0.25, 0.3) is 0 Å². The van der Waals surface area contributed by atoms with Gasteiger partial charge < -0.3 is 5.73 Å². The van der Waals surface area contributed by atoms with E-state index in [2.05, 4.69) is 29.5 Å². The molecule has 2 heteroatoms. The zero-order chi connectivity index (χ0) is 7.61. The minimum atomic E-state index is 0.496. The first-order valence-corrected chi connectivity index (χ1v) is 5.50. The highest BCUT2D eigenvalue weighted by atomic mass is 127. The minimum absolute atomic E-state index is 0.496. The highest BCUT2D eigenvalue weighted by Crippen LogP contribution is 2.36. The Bertz CT molecular complexity index is 106. The molecule has 10 heavy (non-hydrogen) atoms. The van der Waals surface area contributed by atoms with Gasteiger partial charge in [-0.1, -0.05) is 29.5 Å². The average molecular weight is 253 g/mol. The second-order valence-electron chi connectivity index (χ2n) is 3.78. The molecule has 0 spiro atoms. The number of hydrogen-bond acceptors (Lipinski definition) is 1. The molecule has 0 heterocycles. The predicted octanol–water partition coefficient (Wildman–Crippen LogP) is 2.33. The van der Waals surface area contributed by atoms with Crippen molar-refractivity contribution < 1.29 is 0 Å². The van der Waals surface area contributed by atoms with Crippen LogP contribution in [0.4, 0.5) is 0 Å². The summed E-state index contributed by atoms with van der Waals surface area (Å²) in [6, 6.07) is 0.496. The molecule has 0 amide bonds. The summed E-state index contributed by atoms with van der Waals surface area (Å²) in [6.45, 7) is 2.38. The first-order valence-electron chi connectivity index (χ1n) is 3.98. The highest BCUT2D eigenvalue weighted by Gasteiger charge is 2.28. The molecule has 1 rings (SSSR count). The summed E-state index contributed by atoms with van der Waals surface area (Å²) in [5.41, 5.74) is 6.42. The number of halogens is 1. The summed E-state index contributed by atoms with van der Waals surface area (Å²) in [7, 11) is 0. The third-order valence-corrected chi connectivity index (χ3v) is 4.40. The fourth-order valence-corrected chi connectivity index (χ4v) is 2.23. The van der Waals surface area contributed by atoms with Gasteiger partial charge in [0.2, 0.25) is 0 Å². The zero-order valence-corrected chi connectivity index (χ0v) is 8.73. The Hall–Kier alpha value is 0.690. The largest absolute Gasteiger partial charge is 0.328 e. The number of nitrogens with two attached hydrogens (primary N) is 1. The lowest BCUT2D eigenvalue weighted by atomic mass is 9.76. The Kier molecular flexibility index (Phi) is 2.98. The van der Waals surface area contributed by atoms with Crippen LogP contribution in [0, 0.1) is 5.41 Å². The average Bonchev–Trinajstić information content (AvgIpc) is 1.96. The molecule has 0 radical (unpaired) electrons. The van der Waals surface area contributed by atoms with Crippen LogP contribution in [-0.4, -0.2) is 10.5 Å². The molecule has 0 aromatic rings. The van der Waals surface area contributed by atoms with Gasteiger partial charge in [-0.05, 0) is 31.1 Å². The van der Waals surface area contributed by atoms with Crippen LogP contribution in [-0.2, 0) is 0 Å². The molecule has 0 aliphatic heterocycles. The molecule has 1 fully saturated rings. The monoisotopic (exact) mass is 253 g/mol. The molecule has 0 aromatic carbocycles. The normalized spacial score (nSPS) is 41.7. The molecule has 0 saturated heterocycles. The van der Waals surface area contributed by atoms with Gasteiger partial charge in [0.05, 0.1) is 0 Å². The molecule has 1 aliphatic carbocycles. The Balaban J connectivity index is 2.38. The SMILES string of the molecule is C[C@]1(CI)CC[C@H](N)CC1. The van der Waals surface area contributed by atoms with Crippen molar-refractivity contribution in [3.8, 4) is 0 Å². The Morgan fingerprint density at radius 2 is 2.00 bits per heavy atom. The summed E-state index contributed by atoms with van der Waals surface area (Å²) in [5.74, 6) is 0. The topological polar surface area (TPSA) is 26.0 Å². The predicted molar refractivity (Wildman–Crippen MR) is 53.4 cm³/mol. The molecule has 60 valence electrons. The standard InChI is InChI=1S/C8H16IN/c1-8(6-9)4-2-7(10)3-5-8/h7H,2-6,10H2,1H3/t7-,8-. The van der Waals surface area contributed by atoms with Crippen molar-refractivity contribution in [3.63, 3.8) is 0 Å². The maximum absolute atomic E-state index is 5.81. The van der Waals surface area contributed by atoms with E-state index in [-0.39, 0.29) is 0 Å². The van der Waals surface area contributed by atoms with Gasteiger partial charge in [0, 0.05) is 10.5 Å². The van der Waals surface area contributed by atoms with Crippen LogP contribution in [0.3, 0.4) is 0 Å². The van der Waals surface area contributed by atoms with Gasteiger partial charge in [-0.15, -0.1) is 0 Å². The molecule has 0 bridgehead atoms. The lowest BCUT2D eigenvalue weighted by Gasteiger charge is -2.34. The molecule has 1 aliphatic rings. The highest BCUT2D eigenvalue weighted by molar-refractivity contribution is 14.1. The second-order valence-corrected chi connectivity index (χ2v) is 4.54. The smallest absolute Gasteiger partial charge is 0.00493 e.